The van der Waals surface area contributed by atoms with E-state index in [-0.39, 0.29) is 30.7 Å². The molecule has 0 amide bonds. The van der Waals surface area contributed by atoms with E-state index in [1.807, 2.05) is 36.4 Å². The number of unbranched alkanes of at least 4 members (excludes halogenated alkanes) is 2. The van der Waals surface area contributed by atoms with E-state index in [9.17, 15) is 14.4 Å². The zero-order chi connectivity index (χ0) is 46.1. The summed E-state index contributed by atoms with van der Waals surface area (Å²) in [6.07, 6.45) is 18.1. The summed E-state index contributed by atoms with van der Waals surface area (Å²) in [7, 11) is 0. The summed E-state index contributed by atoms with van der Waals surface area (Å²) in [6, 6.07) is 15.0. The molecule has 1 heterocycles. The Kier molecular flexibility index (Phi) is 16.7. The summed E-state index contributed by atoms with van der Waals surface area (Å²) in [5.74, 6) is 4.38. The van der Waals surface area contributed by atoms with Gasteiger partial charge in [0.05, 0.1) is 25.5 Å². The average molecular weight is 896 g/mol. The quantitative estimate of drug-likeness (QED) is 0.0421. The fourth-order valence-electron chi connectivity index (χ4n) is 12.7. The van der Waals surface area contributed by atoms with Gasteiger partial charge >= 0.3 is 17.9 Å². The zero-order valence-electron chi connectivity index (χ0n) is 40.4. The van der Waals surface area contributed by atoms with Crippen molar-refractivity contribution in [1.29, 1.82) is 0 Å². The van der Waals surface area contributed by atoms with Crippen molar-refractivity contribution in [2.24, 2.45) is 51.3 Å². The molecule has 5 aliphatic rings. The lowest BCUT2D eigenvalue weighted by molar-refractivity contribution is -0.163. The second kappa shape index (κ2) is 22.2. The van der Waals surface area contributed by atoms with Crippen LogP contribution < -0.4 is 4.74 Å². The number of nitrogens with zero attached hydrogens (tertiary/aromatic N) is 1. The third kappa shape index (κ3) is 11.6. The Labute approximate surface area is 389 Å². The molecule has 1 saturated heterocycles. The number of fused-ring (bicyclic) bond motifs is 5. The van der Waals surface area contributed by atoms with Gasteiger partial charge in [0.15, 0.2) is 18.5 Å². The second-order valence-corrected chi connectivity index (χ2v) is 20.7. The van der Waals surface area contributed by atoms with Crippen LogP contribution in [0, 0.1) is 46.3 Å². The summed E-state index contributed by atoms with van der Waals surface area (Å²) in [6.45, 7) is 16.8. The Morgan fingerprint density at radius 2 is 1.51 bits per heavy atom. The van der Waals surface area contributed by atoms with Gasteiger partial charge in [0.25, 0.3) is 0 Å². The summed E-state index contributed by atoms with van der Waals surface area (Å²) in [5, 5.41) is 0. The summed E-state index contributed by atoms with van der Waals surface area (Å²) < 4.78 is 33.9. The van der Waals surface area contributed by atoms with E-state index < -0.39 is 30.4 Å². The van der Waals surface area contributed by atoms with Crippen LogP contribution in [0.4, 0.5) is 5.69 Å². The molecule has 7 rings (SSSR count). The second-order valence-electron chi connectivity index (χ2n) is 20.7. The maximum atomic E-state index is 13.0. The maximum absolute atomic E-state index is 13.0. The lowest BCUT2D eigenvalue weighted by atomic mass is 9.47. The molecule has 3 saturated carbocycles. The largest absolute Gasteiger partial charge is 0.494 e. The van der Waals surface area contributed by atoms with Gasteiger partial charge in [-0.05, 0) is 166 Å². The monoisotopic (exact) mass is 896 g/mol. The van der Waals surface area contributed by atoms with E-state index in [4.69, 9.17) is 28.4 Å². The first-order valence-corrected chi connectivity index (χ1v) is 25.2. The first kappa shape index (κ1) is 48.9. The molecular formula is C55H77NO9. The molecule has 10 atom stereocenters. The standard InChI is InChI=1S/C55H77NO9/c1-8-60-51(58)49-50(52(59)61-9-2)65-53(64-49)39-19-22-41(23-20-39)56-35-38-17-24-42(25-18-38)62-33-12-10-11-16-48(57)63-43-29-31-54(6)40(34-43)21-26-44-46-28-27-45(37(5)15-13-14-36(3)4)55(46,7)32-30-47(44)54/h17-25,35-37,43-47,49-50,53H,8-16,26-34H2,1-7H3/t37-,43+,44+,45-,46+,47+,49-,50-,54+,55-/m1/s1. The lowest BCUT2D eigenvalue weighted by Crippen LogP contribution is -2.51. The summed E-state index contributed by atoms with van der Waals surface area (Å²) in [4.78, 5) is 42.5. The number of rotatable bonds is 20. The highest BCUT2D eigenvalue weighted by Crippen LogP contribution is 2.67. The van der Waals surface area contributed by atoms with E-state index in [0.29, 0.717) is 29.7 Å². The Hall–Kier alpha value is -4.02. The van der Waals surface area contributed by atoms with Gasteiger partial charge in [0.2, 0.25) is 0 Å². The molecule has 65 heavy (non-hydrogen) atoms. The molecule has 10 heteroatoms. The first-order chi connectivity index (χ1) is 31.3. The van der Waals surface area contributed by atoms with E-state index >= 15 is 0 Å². The topological polar surface area (TPSA) is 119 Å². The molecule has 0 unspecified atom stereocenters. The normalized spacial score (nSPS) is 30.3. The summed E-state index contributed by atoms with van der Waals surface area (Å²) in [5.41, 5.74) is 4.61. The smallest absolute Gasteiger partial charge is 0.338 e. The number of allylic oxidation sites excluding steroid dienone is 1. The molecule has 4 aliphatic carbocycles. The van der Waals surface area contributed by atoms with E-state index in [2.05, 4.69) is 45.7 Å². The van der Waals surface area contributed by atoms with Gasteiger partial charge in [-0.3, -0.25) is 9.79 Å². The number of carbonyl (C=O) groups is 3. The zero-order valence-corrected chi connectivity index (χ0v) is 40.4. The molecule has 0 bridgehead atoms. The van der Waals surface area contributed by atoms with Crippen molar-refractivity contribution in [3.63, 3.8) is 0 Å². The molecule has 0 aromatic heterocycles. The number of hydrogen-bond donors (Lipinski definition) is 0. The minimum atomic E-state index is -1.21. The van der Waals surface area contributed by atoms with Crippen LogP contribution in [0.3, 0.4) is 0 Å². The molecule has 2 aromatic rings. The molecule has 0 spiro atoms. The van der Waals surface area contributed by atoms with Crippen LogP contribution in [0.1, 0.15) is 162 Å². The maximum Gasteiger partial charge on any atom is 0.338 e. The average Bonchev–Trinajstić information content (AvgIpc) is 3.90. The van der Waals surface area contributed by atoms with Gasteiger partial charge in [-0.2, -0.15) is 0 Å². The van der Waals surface area contributed by atoms with Gasteiger partial charge in [-0.25, -0.2) is 9.59 Å². The van der Waals surface area contributed by atoms with Crippen molar-refractivity contribution >= 4 is 29.8 Å². The molecule has 10 nitrogen and oxygen atoms in total. The molecular weight excluding hydrogens is 819 g/mol. The van der Waals surface area contributed by atoms with Crippen molar-refractivity contribution in [3.05, 3.63) is 71.3 Å². The predicted molar refractivity (Wildman–Crippen MR) is 253 cm³/mol. The van der Waals surface area contributed by atoms with Crippen molar-refractivity contribution in [2.75, 3.05) is 19.8 Å². The summed E-state index contributed by atoms with van der Waals surface area (Å²) >= 11 is 0. The van der Waals surface area contributed by atoms with Crippen LogP contribution in [0.15, 0.2) is 65.2 Å². The Bertz CT molecular complexity index is 1930. The van der Waals surface area contributed by atoms with Crippen molar-refractivity contribution in [2.45, 2.75) is 169 Å². The molecule has 2 aromatic carbocycles. The first-order valence-electron chi connectivity index (χ1n) is 25.2. The van der Waals surface area contributed by atoms with Crippen LogP contribution in [-0.2, 0) is 38.1 Å². The fourth-order valence-corrected chi connectivity index (χ4v) is 12.7. The van der Waals surface area contributed by atoms with Crippen LogP contribution in [0.5, 0.6) is 5.75 Å². The molecule has 4 fully saturated rings. The molecule has 0 radical (unpaired) electrons. The number of esters is 3. The highest BCUT2D eigenvalue weighted by Gasteiger charge is 2.59. The van der Waals surface area contributed by atoms with Crippen LogP contribution >= 0.6 is 0 Å². The highest BCUT2D eigenvalue weighted by molar-refractivity contribution is 5.86. The third-order valence-corrected chi connectivity index (χ3v) is 16.1. The number of benzene rings is 2. The van der Waals surface area contributed by atoms with Gasteiger partial charge in [0.1, 0.15) is 11.9 Å². The third-order valence-electron chi connectivity index (χ3n) is 16.1. The Morgan fingerprint density at radius 3 is 2.18 bits per heavy atom. The molecule has 1 aliphatic heterocycles. The van der Waals surface area contributed by atoms with Gasteiger partial charge in [-0.15, -0.1) is 0 Å². The number of hydrogen-bond acceptors (Lipinski definition) is 10. The Morgan fingerprint density at radius 1 is 0.800 bits per heavy atom. The van der Waals surface area contributed by atoms with E-state index in [1.54, 1.807) is 37.8 Å². The fraction of sp³-hybridized carbons (Fsp3) is 0.673. The molecule has 0 N–H and O–H groups in total. The Balaban J connectivity index is 0.788. The number of carbonyl (C=O) groups excluding carboxylic acids is 3. The minimum absolute atomic E-state index is 0.0146. The van der Waals surface area contributed by atoms with Gasteiger partial charge in [-0.1, -0.05) is 77.7 Å². The van der Waals surface area contributed by atoms with Gasteiger partial charge in [0, 0.05) is 24.6 Å². The SMILES string of the molecule is CCOC(=O)[C@@H]1OC(c2ccc(N=Cc3ccc(OCCCCCC(=O)O[C@H]4CC[C@@]5(C)C(=CC[C@H]6[C@@H]7CC[C@H]([C@H](C)CCCC(C)C)[C@@]7(C)CC[C@@H]65)C4)cc3)cc2)O[C@H]1C(=O)OCC. The highest BCUT2D eigenvalue weighted by atomic mass is 16.8. The van der Waals surface area contributed by atoms with Crippen molar-refractivity contribution in [1.82, 2.24) is 0 Å². The van der Waals surface area contributed by atoms with Crippen LogP contribution in [0.2, 0.25) is 0 Å². The van der Waals surface area contributed by atoms with Crippen LogP contribution in [-0.4, -0.2) is 62.3 Å². The minimum Gasteiger partial charge on any atom is -0.494 e. The van der Waals surface area contributed by atoms with E-state index in [1.165, 1.54) is 51.4 Å². The molecule has 356 valence electrons. The number of aliphatic imine (C=N–C) groups is 1. The number of ether oxygens (including phenoxy) is 6. The lowest BCUT2D eigenvalue weighted by Gasteiger charge is -2.58. The van der Waals surface area contributed by atoms with Crippen molar-refractivity contribution in [3.8, 4) is 5.75 Å². The van der Waals surface area contributed by atoms with Gasteiger partial charge < -0.3 is 28.4 Å². The van der Waals surface area contributed by atoms with Crippen LogP contribution in [0.25, 0.3) is 0 Å². The van der Waals surface area contributed by atoms with E-state index in [0.717, 1.165) is 85.3 Å². The van der Waals surface area contributed by atoms with Crippen molar-refractivity contribution < 1.29 is 42.8 Å². The predicted octanol–water partition coefficient (Wildman–Crippen LogP) is 12.2.